The largest absolute Gasteiger partial charge is 0.490 e. The molecular weight excluding hydrogens is 338 g/mol. The molecule has 1 heterocycles. The van der Waals surface area contributed by atoms with Crippen LogP contribution in [0, 0.1) is 11.8 Å². The van der Waals surface area contributed by atoms with E-state index in [1.54, 1.807) is 12.5 Å². The lowest BCUT2D eigenvalue weighted by Crippen LogP contribution is -2.27. The fourth-order valence-electron chi connectivity index (χ4n) is 3.82. The summed E-state index contributed by atoms with van der Waals surface area (Å²) >= 11 is 0. The number of hydrogen-bond acceptors (Lipinski definition) is 3. The molecule has 1 N–H and O–H groups in total. The Morgan fingerprint density at radius 2 is 2.07 bits per heavy atom. The Balaban J connectivity index is 1.49. The highest BCUT2D eigenvalue weighted by molar-refractivity contribution is 5.94. The topological polar surface area (TPSA) is 56.1 Å². The van der Waals surface area contributed by atoms with Crippen molar-refractivity contribution in [1.29, 1.82) is 0 Å². The summed E-state index contributed by atoms with van der Waals surface area (Å²) in [5, 5.41) is 3.10. The van der Waals surface area contributed by atoms with E-state index >= 15 is 0 Å². The third-order valence-electron chi connectivity index (χ3n) is 5.49. The van der Waals surface area contributed by atoms with Crippen LogP contribution in [-0.4, -0.2) is 22.1 Å². The molecule has 0 aliphatic heterocycles. The van der Waals surface area contributed by atoms with E-state index in [4.69, 9.17) is 4.74 Å². The maximum atomic E-state index is 12.7. The van der Waals surface area contributed by atoms with Gasteiger partial charge >= 0.3 is 0 Å². The van der Waals surface area contributed by atoms with Gasteiger partial charge in [-0.25, -0.2) is 4.98 Å². The van der Waals surface area contributed by atoms with Crippen LogP contribution in [0.25, 0.3) is 0 Å². The number of nitrogens with one attached hydrogen (secondary N) is 1. The maximum absolute atomic E-state index is 12.7. The minimum absolute atomic E-state index is 0.127. The lowest BCUT2D eigenvalue weighted by atomic mass is 9.79. The van der Waals surface area contributed by atoms with Gasteiger partial charge in [-0.15, -0.1) is 0 Å². The molecule has 1 aliphatic rings. The summed E-state index contributed by atoms with van der Waals surface area (Å²) in [6.45, 7) is 3.50. The van der Waals surface area contributed by atoms with Gasteiger partial charge in [0.25, 0.3) is 0 Å². The summed E-state index contributed by atoms with van der Waals surface area (Å²) in [7, 11) is 0. The van der Waals surface area contributed by atoms with E-state index in [0.29, 0.717) is 6.61 Å². The second-order valence-electron chi connectivity index (χ2n) is 7.49. The van der Waals surface area contributed by atoms with Crippen molar-refractivity contribution in [1.82, 2.24) is 9.55 Å². The summed E-state index contributed by atoms with van der Waals surface area (Å²) in [4.78, 5) is 16.8. The number of ether oxygens (including phenoxy) is 1. The number of rotatable bonds is 9. The Morgan fingerprint density at radius 1 is 1.26 bits per heavy atom. The van der Waals surface area contributed by atoms with Crippen molar-refractivity contribution in [2.45, 2.75) is 58.4 Å². The molecule has 3 rings (SSSR count). The van der Waals surface area contributed by atoms with Gasteiger partial charge in [0.15, 0.2) is 0 Å². The van der Waals surface area contributed by atoms with Gasteiger partial charge in [-0.3, -0.25) is 4.79 Å². The van der Waals surface area contributed by atoms with Crippen LogP contribution in [0.4, 0.5) is 5.69 Å². The zero-order valence-electron chi connectivity index (χ0n) is 16.3. The SMILES string of the molecule is CCCCC1CCC(C(=O)Nc2ccccc2OCCn2ccnc2)CC1. The van der Waals surface area contributed by atoms with Crippen LogP contribution in [0.2, 0.25) is 0 Å². The zero-order valence-corrected chi connectivity index (χ0v) is 16.3. The summed E-state index contributed by atoms with van der Waals surface area (Å²) in [5.74, 6) is 1.80. The van der Waals surface area contributed by atoms with E-state index in [2.05, 4.69) is 17.2 Å². The van der Waals surface area contributed by atoms with Crippen LogP contribution >= 0.6 is 0 Å². The second-order valence-corrected chi connectivity index (χ2v) is 7.49. The first-order valence-electron chi connectivity index (χ1n) is 10.2. The standard InChI is InChI=1S/C22H31N3O2/c1-2-3-6-18-9-11-19(12-10-18)22(26)24-20-7-4-5-8-21(20)27-16-15-25-14-13-23-17-25/h4-5,7-8,13-14,17-19H,2-3,6,9-12,15-16H2,1H3,(H,24,26). The van der Waals surface area contributed by atoms with Gasteiger partial charge in [0.05, 0.1) is 18.6 Å². The molecule has 0 bridgehead atoms. The molecule has 0 spiro atoms. The van der Waals surface area contributed by atoms with Crippen LogP contribution in [0.15, 0.2) is 43.0 Å². The number of nitrogens with zero attached hydrogens (tertiary/aromatic N) is 2. The Labute approximate surface area is 162 Å². The van der Waals surface area contributed by atoms with E-state index in [-0.39, 0.29) is 11.8 Å². The normalized spacial score (nSPS) is 19.6. The molecule has 0 unspecified atom stereocenters. The van der Waals surface area contributed by atoms with E-state index in [1.807, 2.05) is 35.0 Å². The highest BCUT2D eigenvalue weighted by Gasteiger charge is 2.26. The predicted molar refractivity (Wildman–Crippen MR) is 108 cm³/mol. The third kappa shape index (κ3) is 5.84. The first-order chi connectivity index (χ1) is 13.3. The highest BCUT2D eigenvalue weighted by atomic mass is 16.5. The Kier molecular flexibility index (Phi) is 7.31. The minimum Gasteiger partial charge on any atom is -0.490 e. The van der Waals surface area contributed by atoms with Crippen LogP contribution in [0.3, 0.4) is 0 Å². The van der Waals surface area contributed by atoms with Gasteiger partial charge in [-0.2, -0.15) is 0 Å². The lowest BCUT2D eigenvalue weighted by Gasteiger charge is -2.28. The van der Waals surface area contributed by atoms with Gasteiger partial charge in [0.2, 0.25) is 5.91 Å². The van der Waals surface area contributed by atoms with Gasteiger partial charge in [0, 0.05) is 18.3 Å². The van der Waals surface area contributed by atoms with E-state index in [0.717, 1.165) is 36.7 Å². The number of carbonyl (C=O) groups is 1. The first-order valence-corrected chi connectivity index (χ1v) is 10.2. The van der Waals surface area contributed by atoms with E-state index < -0.39 is 0 Å². The molecule has 0 atom stereocenters. The third-order valence-corrected chi connectivity index (χ3v) is 5.49. The summed E-state index contributed by atoms with van der Waals surface area (Å²) < 4.78 is 7.87. The first kappa shape index (κ1) is 19.5. The number of carbonyl (C=O) groups excluding carboxylic acids is 1. The Morgan fingerprint density at radius 3 is 2.81 bits per heavy atom. The van der Waals surface area contributed by atoms with Crippen LogP contribution in [0.1, 0.15) is 51.9 Å². The smallest absolute Gasteiger partial charge is 0.227 e. The van der Waals surface area contributed by atoms with Crippen molar-refractivity contribution >= 4 is 11.6 Å². The number of aromatic nitrogens is 2. The molecule has 1 saturated carbocycles. The molecule has 0 saturated heterocycles. The van der Waals surface area contributed by atoms with Gasteiger partial charge in [0.1, 0.15) is 12.4 Å². The molecule has 1 aliphatic carbocycles. The average molecular weight is 370 g/mol. The zero-order chi connectivity index (χ0) is 18.9. The van der Waals surface area contributed by atoms with Crippen molar-refractivity contribution in [2.75, 3.05) is 11.9 Å². The fourth-order valence-corrected chi connectivity index (χ4v) is 3.82. The van der Waals surface area contributed by atoms with Gasteiger partial charge < -0.3 is 14.6 Å². The van der Waals surface area contributed by atoms with Gasteiger partial charge in [-0.05, 0) is 43.7 Å². The van der Waals surface area contributed by atoms with Crippen LogP contribution in [0.5, 0.6) is 5.75 Å². The monoisotopic (exact) mass is 369 g/mol. The maximum Gasteiger partial charge on any atom is 0.227 e. The van der Waals surface area contributed by atoms with E-state index in [9.17, 15) is 4.79 Å². The van der Waals surface area contributed by atoms with Crippen molar-refractivity contribution in [2.24, 2.45) is 11.8 Å². The molecule has 27 heavy (non-hydrogen) atoms. The molecule has 1 aromatic carbocycles. The molecule has 5 nitrogen and oxygen atoms in total. The highest BCUT2D eigenvalue weighted by Crippen LogP contribution is 2.33. The summed E-state index contributed by atoms with van der Waals surface area (Å²) in [6, 6.07) is 7.68. The average Bonchev–Trinajstić information content (AvgIpc) is 3.21. The molecule has 146 valence electrons. The molecule has 2 aromatic rings. The lowest BCUT2D eigenvalue weighted by molar-refractivity contribution is -0.121. The summed E-state index contributed by atoms with van der Waals surface area (Å²) in [6.07, 6.45) is 13.7. The van der Waals surface area contributed by atoms with Crippen LogP contribution < -0.4 is 10.1 Å². The number of hydrogen-bond donors (Lipinski definition) is 1. The predicted octanol–water partition coefficient (Wildman–Crippen LogP) is 4.90. The molecule has 5 heteroatoms. The van der Waals surface area contributed by atoms with Crippen molar-refractivity contribution < 1.29 is 9.53 Å². The molecule has 1 amide bonds. The number of para-hydroxylation sites is 2. The second kappa shape index (κ2) is 10.1. The van der Waals surface area contributed by atoms with Gasteiger partial charge in [-0.1, -0.05) is 38.3 Å². The molecule has 0 radical (unpaired) electrons. The summed E-state index contributed by atoms with van der Waals surface area (Å²) in [5.41, 5.74) is 0.765. The number of unbranched alkanes of at least 4 members (excludes halogenated alkanes) is 1. The number of imidazole rings is 1. The molecule has 1 aromatic heterocycles. The Hall–Kier alpha value is -2.30. The Bertz CT molecular complexity index is 691. The molecular formula is C22H31N3O2. The fraction of sp³-hybridized carbons (Fsp3) is 0.545. The van der Waals surface area contributed by atoms with Crippen LogP contribution in [-0.2, 0) is 11.3 Å². The number of anilines is 1. The quantitative estimate of drug-likeness (QED) is 0.684. The van der Waals surface area contributed by atoms with Crippen molar-refractivity contribution in [3.63, 3.8) is 0 Å². The number of amides is 1. The van der Waals surface area contributed by atoms with E-state index in [1.165, 1.54) is 32.1 Å². The van der Waals surface area contributed by atoms with Crippen molar-refractivity contribution in [3.8, 4) is 5.75 Å². The van der Waals surface area contributed by atoms with Crippen molar-refractivity contribution in [3.05, 3.63) is 43.0 Å². The minimum atomic E-state index is 0.127. The number of benzene rings is 1. The molecule has 1 fully saturated rings.